The van der Waals surface area contributed by atoms with Crippen LogP contribution in [0.3, 0.4) is 0 Å². The topological polar surface area (TPSA) is 51.2 Å². The lowest BCUT2D eigenvalue weighted by molar-refractivity contribution is -0.116. The average molecular weight is 302 g/mol. The van der Waals surface area contributed by atoms with Crippen LogP contribution in [0.1, 0.15) is 26.2 Å². The van der Waals surface area contributed by atoms with Gasteiger partial charge in [0.15, 0.2) is 5.13 Å². The Balaban J connectivity index is 1.68. The van der Waals surface area contributed by atoms with E-state index in [1.54, 1.807) is 0 Å². The fourth-order valence-corrected chi connectivity index (χ4v) is 3.40. The number of rotatable bonds is 5. The highest BCUT2D eigenvalue weighted by Gasteiger charge is 2.15. The molecule has 1 heterocycles. The Morgan fingerprint density at radius 1 is 1.52 bits per heavy atom. The second-order valence-corrected chi connectivity index (χ2v) is 6.13. The maximum absolute atomic E-state index is 12.0. The Morgan fingerprint density at radius 2 is 2.43 bits per heavy atom. The summed E-state index contributed by atoms with van der Waals surface area (Å²) >= 11 is 1.48. The molecule has 1 unspecified atom stereocenters. The van der Waals surface area contributed by atoms with E-state index in [1.165, 1.54) is 11.3 Å². The summed E-state index contributed by atoms with van der Waals surface area (Å²) in [6, 6.07) is 5.79. The molecular weight excluding hydrogens is 284 g/mol. The first-order valence-electron chi connectivity index (χ1n) is 7.24. The average Bonchev–Trinajstić information content (AvgIpc) is 3.07. The summed E-state index contributed by atoms with van der Waals surface area (Å²) in [5.74, 6) is 1.25. The number of fused-ring (bicyclic) bond motifs is 1. The molecule has 0 fully saturated rings. The van der Waals surface area contributed by atoms with Gasteiger partial charge in [-0.15, -0.1) is 0 Å². The quantitative estimate of drug-likeness (QED) is 0.850. The molecule has 4 nitrogen and oxygen atoms in total. The highest BCUT2D eigenvalue weighted by atomic mass is 32.1. The van der Waals surface area contributed by atoms with Crippen LogP contribution in [0.4, 0.5) is 5.13 Å². The van der Waals surface area contributed by atoms with Gasteiger partial charge < -0.3 is 10.1 Å². The van der Waals surface area contributed by atoms with Crippen molar-refractivity contribution >= 4 is 32.6 Å². The van der Waals surface area contributed by atoms with Gasteiger partial charge in [0.25, 0.3) is 0 Å². The fraction of sp³-hybridized carbons (Fsp3) is 0.375. The summed E-state index contributed by atoms with van der Waals surface area (Å²) in [4.78, 5) is 16.5. The lowest BCUT2D eigenvalue weighted by Crippen LogP contribution is -2.14. The van der Waals surface area contributed by atoms with Crippen molar-refractivity contribution in [3.63, 3.8) is 0 Å². The van der Waals surface area contributed by atoms with Crippen molar-refractivity contribution in [3.8, 4) is 5.75 Å². The molecule has 2 aromatic rings. The van der Waals surface area contributed by atoms with Gasteiger partial charge in [0.05, 0.1) is 16.8 Å². The summed E-state index contributed by atoms with van der Waals surface area (Å²) in [5, 5.41) is 3.56. The van der Waals surface area contributed by atoms with Gasteiger partial charge in [-0.05, 0) is 43.9 Å². The van der Waals surface area contributed by atoms with Crippen molar-refractivity contribution in [3.05, 3.63) is 30.4 Å². The van der Waals surface area contributed by atoms with E-state index in [1.807, 2.05) is 25.1 Å². The van der Waals surface area contributed by atoms with Crippen LogP contribution >= 0.6 is 11.3 Å². The third-order valence-electron chi connectivity index (χ3n) is 3.48. The normalized spacial score (nSPS) is 17.3. The van der Waals surface area contributed by atoms with Gasteiger partial charge in [-0.2, -0.15) is 0 Å². The first-order valence-corrected chi connectivity index (χ1v) is 8.06. The number of hydrogen-bond donors (Lipinski definition) is 1. The molecule has 1 N–H and O–H groups in total. The van der Waals surface area contributed by atoms with Crippen LogP contribution in [0.15, 0.2) is 30.4 Å². The van der Waals surface area contributed by atoms with Crippen LogP contribution in [0.5, 0.6) is 5.75 Å². The number of ether oxygens (including phenoxy) is 1. The Morgan fingerprint density at radius 3 is 3.19 bits per heavy atom. The molecule has 21 heavy (non-hydrogen) atoms. The van der Waals surface area contributed by atoms with E-state index >= 15 is 0 Å². The smallest absolute Gasteiger partial charge is 0.226 e. The molecule has 0 bridgehead atoms. The number of anilines is 1. The summed E-state index contributed by atoms with van der Waals surface area (Å²) < 4.78 is 6.50. The van der Waals surface area contributed by atoms with E-state index in [0.717, 1.165) is 28.8 Å². The number of aromatic nitrogens is 1. The highest BCUT2D eigenvalue weighted by Crippen LogP contribution is 2.30. The number of thiazole rings is 1. The molecule has 1 amide bonds. The maximum atomic E-state index is 12.0. The Kier molecular flexibility index (Phi) is 4.20. The molecule has 0 saturated heterocycles. The van der Waals surface area contributed by atoms with Crippen molar-refractivity contribution in [2.45, 2.75) is 26.2 Å². The minimum atomic E-state index is 0.0376. The van der Waals surface area contributed by atoms with Crippen LogP contribution in [-0.2, 0) is 4.79 Å². The van der Waals surface area contributed by atoms with Crippen molar-refractivity contribution in [1.82, 2.24) is 4.98 Å². The molecule has 110 valence electrons. The van der Waals surface area contributed by atoms with Crippen molar-refractivity contribution in [2.75, 3.05) is 11.9 Å². The number of nitrogens with zero attached hydrogens (tertiary/aromatic N) is 1. The fourth-order valence-electron chi connectivity index (χ4n) is 2.49. The Hall–Kier alpha value is -1.88. The number of amides is 1. The standard InChI is InChI=1S/C16H18N2O2S/c1-2-20-12-7-8-13-14(10-12)21-16(17-13)18-15(19)9-11-5-3-4-6-11/h3,5,7-8,10-11H,2,4,6,9H2,1H3,(H,17,18,19). The molecular formula is C16H18N2O2S. The summed E-state index contributed by atoms with van der Waals surface area (Å²) in [6.07, 6.45) is 6.97. The first kappa shape index (κ1) is 14.1. The SMILES string of the molecule is CCOc1ccc2nc(NC(=O)CC3C=CCC3)sc2c1. The molecule has 1 aliphatic carbocycles. The molecule has 0 saturated carbocycles. The van der Waals surface area contributed by atoms with Crippen LogP contribution in [0.25, 0.3) is 10.2 Å². The zero-order chi connectivity index (χ0) is 14.7. The predicted molar refractivity (Wildman–Crippen MR) is 85.9 cm³/mol. The molecule has 3 rings (SSSR count). The van der Waals surface area contributed by atoms with E-state index in [2.05, 4.69) is 22.5 Å². The maximum Gasteiger partial charge on any atom is 0.226 e. The first-order chi connectivity index (χ1) is 10.2. The number of carbonyl (C=O) groups excluding carboxylic acids is 1. The van der Waals surface area contributed by atoms with E-state index in [-0.39, 0.29) is 5.91 Å². The molecule has 0 radical (unpaired) electrons. The molecule has 0 spiro atoms. The number of hydrogen-bond acceptors (Lipinski definition) is 4. The van der Waals surface area contributed by atoms with Gasteiger partial charge in [0.1, 0.15) is 5.75 Å². The predicted octanol–water partition coefficient (Wildman–Crippen LogP) is 3.99. The number of nitrogens with one attached hydrogen (secondary N) is 1. The molecule has 1 aromatic carbocycles. The van der Waals surface area contributed by atoms with Crippen LogP contribution in [-0.4, -0.2) is 17.5 Å². The minimum absolute atomic E-state index is 0.0376. The highest BCUT2D eigenvalue weighted by molar-refractivity contribution is 7.22. The van der Waals surface area contributed by atoms with Crippen LogP contribution in [0.2, 0.25) is 0 Å². The van der Waals surface area contributed by atoms with Crippen molar-refractivity contribution in [1.29, 1.82) is 0 Å². The second kappa shape index (κ2) is 6.26. The van der Waals surface area contributed by atoms with Gasteiger partial charge in [-0.1, -0.05) is 23.5 Å². The number of carbonyl (C=O) groups is 1. The lowest BCUT2D eigenvalue weighted by atomic mass is 10.1. The van der Waals surface area contributed by atoms with Crippen molar-refractivity contribution in [2.24, 2.45) is 5.92 Å². The number of allylic oxidation sites excluding steroid dienone is 2. The van der Waals surface area contributed by atoms with E-state index in [4.69, 9.17) is 4.74 Å². The Labute approximate surface area is 127 Å². The Bertz CT molecular complexity index is 678. The summed E-state index contributed by atoms with van der Waals surface area (Å²) in [7, 11) is 0. The van der Waals surface area contributed by atoms with Gasteiger partial charge in [0.2, 0.25) is 5.91 Å². The molecule has 1 atom stereocenters. The van der Waals surface area contributed by atoms with E-state index < -0.39 is 0 Å². The summed E-state index contributed by atoms with van der Waals surface area (Å²) in [5.41, 5.74) is 0.888. The van der Waals surface area contributed by atoms with Crippen LogP contribution < -0.4 is 10.1 Å². The van der Waals surface area contributed by atoms with Crippen molar-refractivity contribution < 1.29 is 9.53 Å². The van der Waals surface area contributed by atoms with E-state index in [0.29, 0.717) is 24.1 Å². The second-order valence-electron chi connectivity index (χ2n) is 5.10. The van der Waals surface area contributed by atoms with Gasteiger partial charge >= 0.3 is 0 Å². The zero-order valence-electron chi connectivity index (χ0n) is 12.0. The minimum Gasteiger partial charge on any atom is -0.494 e. The van der Waals surface area contributed by atoms with Gasteiger partial charge in [-0.25, -0.2) is 4.98 Å². The molecule has 1 aromatic heterocycles. The van der Waals surface area contributed by atoms with Gasteiger partial charge in [-0.3, -0.25) is 4.79 Å². The van der Waals surface area contributed by atoms with Crippen LogP contribution in [0, 0.1) is 5.92 Å². The largest absolute Gasteiger partial charge is 0.494 e. The molecule has 0 aliphatic heterocycles. The monoisotopic (exact) mass is 302 g/mol. The van der Waals surface area contributed by atoms with E-state index in [9.17, 15) is 4.79 Å². The lowest BCUT2D eigenvalue weighted by Gasteiger charge is -2.06. The number of benzene rings is 1. The third kappa shape index (κ3) is 3.42. The van der Waals surface area contributed by atoms with Gasteiger partial charge in [0, 0.05) is 6.42 Å². The summed E-state index contributed by atoms with van der Waals surface area (Å²) in [6.45, 7) is 2.60. The molecule has 1 aliphatic rings. The third-order valence-corrected chi connectivity index (χ3v) is 4.41. The molecule has 5 heteroatoms. The zero-order valence-corrected chi connectivity index (χ0v) is 12.8.